The third-order valence-electron chi connectivity index (χ3n) is 4.23. The third-order valence-corrected chi connectivity index (χ3v) is 6.88. The Kier molecular flexibility index (Phi) is 5.61. The number of carbonyl (C=O) groups is 2. The van der Waals surface area contributed by atoms with Gasteiger partial charge in [0.05, 0.1) is 28.8 Å². The van der Waals surface area contributed by atoms with Crippen molar-refractivity contribution in [2.45, 2.75) is 26.9 Å². The van der Waals surface area contributed by atoms with Crippen LogP contribution in [0.2, 0.25) is 0 Å². The zero-order chi connectivity index (χ0) is 19.6. The lowest BCUT2D eigenvalue weighted by molar-refractivity contribution is -0.149. The van der Waals surface area contributed by atoms with Gasteiger partial charge in [0.1, 0.15) is 6.61 Å². The van der Waals surface area contributed by atoms with Gasteiger partial charge in [0, 0.05) is 12.3 Å². The number of hydrogen-bond donors (Lipinski definition) is 0. The molecular weight excluding hydrogens is 388 g/mol. The zero-order valence-corrected chi connectivity index (χ0v) is 16.7. The molecule has 1 amide bonds. The molecule has 0 spiro atoms. The van der Waals surface area contributed by atoms with Crippen molar-refractivity contribution in [1.82, 2.24) is 4.98 Å². The smallest absolute Gasteiger partial charge is 0.310 e. The van der Waals surface area contributed by atoms with Gasteiger partial charge in [-0.2, -0.15) is 0 Å². The van der Waals surface area contributed by atoms with Crippen LogP contribution in [0.1, 0.15) is 24.6 Å². The summed E-state index contributed by atoms with van der Waals surface area (Å²) < 4.78 is 28.2. The largest absolute Gasteiger partial charge is 0.459 e. The maximum Gasteiger partial charge on any atom is 0.310 e. The molecule has 1 saturated heterocycles. The van der Waals surface area contributed by atoms with Crippen LogP contribution in [-0.4, -0.2) is 36.8 Å². The molecule has 1 atom stereocenters. The number of thiazole rings is 1. The fourth-order valence-electron chi connectivity index (χ4n) is 2.90. The number of amides is 1. The van der Waals surface area contributed by atoms with Gasteiger partial charge in [-0.1, -0.05) is 12.1 Å². The van der Waals surface area contributed by atoms with E-state index in [4.69, 9.17) is 4.74 Å². The average molecular weight is 409 g/mol. The van der Waals surface area contributed by atoms with Gasteiger partial charge in [-0.15, -0.1) is 11.3 Å². The minimum Gasteiger partial charge on any atom is -0.459 e. The van der Waals surface area contributed by atoms with Gasteiger partial charge < -0.3 is 4.74 Å². The minimum atomic E-state index is -3.13. The van der Waals surface area contributed by atoms with E-state index in [-0.39, 0.29) is 24.0 Å². The summed E-state index contributed by atoms with van der Waals surface area (Å²) in [6.45, 7) is 3.35. The lowest BCUT2D eigenvalue weighted by Gasteiger charge is -2.18. The number of ether oxygens (including phenoxy) is 1. The van der Waals surface area contributed by atoms with E-state index in [1.165, 1.54) is 23.2 Å². The molecule has 27 heavy (non-hydrogen) atoms. The summed E-state index contributed by atoms with van der Waals surface area (Å²) in [5, 5.41) is 2.21. The van der Waals surface area contributed by atoms with E-state index in [0.29, 0.717) is 17.2 Å². The lowest BCUT2D eigenvalue weighted by atomic mass is 10.1. The monoisotopic (exact) mass is 408 g/mol. The highest BCUT2D eigenvalue weighted by Gasteiger charge is 2.34. The van der Waals surface area contributed by atoms with Gasteiger partial charge in [0.25, 0.3) is 0 Å². The number of sulfone groups is 1. The van der Waals surface area contributed by atoms with Crippen LogP contribution in [0.3, 0.4) is 0 Å². The third kappa shape index (κ3) is 4.72. The highest BCUT2D eigenvalue weighted by Crippen LogP contribution is 2.30. The number of rotatable bonds is 5. The first-order valence-electron chi connectivity index (χ1n) is 8.44. The maximum atomic E-state index is 12.1. The summed E-state index contributed by atoms with van der Waals surface area (Å²) in [6, 6.07) is 7.53. The molecule has 2 heterocycles. The molecule has 1 aromatic carbocycles. The first-order chi connectivity index (χ1) is 12.7. The van der Waals surface area contributed by atoms with Crippen molar-refractivity contribution >= 4 is 43.9 Å². The molecule has 0 aliphatic carbocycles. The van der Waals surface area contributed by atoms with Gasteiger partial charge in [-0.3, -0.25) is 14.5 Å². The van der Waals surface area contributed by atoms with Crippen molar-refractivity contribution in [3.8, 4) is 0 Å². The molecule has 0 N–H and O–H groups in total. The summed E-state index contributed by atoms with van der Waals surface area (Å²) >= 11 is 1.28. The van der Waals surface area contributed by atoms with E-state index in [9.17, 15) is 18.0 Å². The standard InChI is InChI=1S/C18H20N2O5S2/c1-12-4-3-5-16(8-12)20(13(2)21)18-19-15(10-26-18)9-25-17(22)14-6-7-27(23,24)11-14/h3-5,8,10,14H,6-7,9,11H2,1-2H3/t14-/m1/s1. The predicted octanol–water partition coefficient (Wildman–Crippen LogP) is 2.61. The maximum absolute atomic E-state index is 12.1. The molecule has 0 bridgehead atoms. The van der Waals surface area contributed by atoms with Crippen LogP contribution in [-0.2, 0) is 30.8 Å². The molecule has 2 aromatic rings. The molecule has 0 unspecified atom stereocenters. The zero-order valence-electron chi connectivity index (χ0n) is 15.0. The number of aromatic nitrogens is 1. The number of nitrogens with zero attached hydrogens (tertiary/aromatic N) is 2. The fraction of sp³-hybridized carbons (Fsp3) is 0.389. The number of benzene rings is 1. The molecule has 144 valence electrons. The Balaban J connectivity index is 1.68. The highest BCUT2D eigenvalue weighted by molar-refractivity contribution is 7.91. The topological polar surface area (TPSA) is 93.6 Å². The van der Waals surface area contributed by atoms with Gasteiger partial charge in [-0.05, 0) is 31.0 Å². The Morgan fingerprint density at radius 2 is 2.15 bits per heavy atom. The number of hydrogen-bond acceptors (Lipinski definition) is 7. The Hall–Kier alpha value is -2.26. The Bertz CT molecular complexity index is 968. The minimum absolute atomic E-state index is 0.0255. The van der Waals surface area contributed by atoms with E-state index < -0.39 is 21.7 Å². The fourth-order valence-corrected chi connectivity index (χ4v) is 5.50. The lowest BCUT2D eigenvalue weighted by Crippen LogP contribution is -2.22. The molecule has 0 radical (unpaired) electrons. The molecule has 1 aliphatic heterocycles. The Labute approximate surface area is 161 Å². The van der Waals surface area contributed by atoms with Crippen molar-refractivity contribution < 1.29 is 22.7 Å². The molecule has 9 heteroatoms. The summed E-state index contributed by atoms with van der Waals surface area (Å²) in [4.78, 5) is 30.1. The van der Waals surface area contributed by atoms with Crippen LogP contribution in [0.4, 0.5) is 10.8 Å². The predicted molar refractivity (Wildman–Crippen MR) is 103 cm³/mol. The summed E-state index contributed by atoms with van der Waals surface area (Å²) in [7, 11) is -3.13. The Morgan fingerprint density at radius 1 is 1.37 bits per heavy atom. The second kappa shape index (κ2) is 7.77. The summed E-state index contributed by atoms with van der Waals surface area (Å²) in [5.74, 6) is -1.42. The molecular formula is C18H20N2O5S2. The van der Waals surface area contributed by atoms with Crippen molar-refractivity contribution in [1.29, 1.82) is 0 Å². The van der Waals surface area contributed by atoms with Crippen LogP contribution in [0.5, 0.6) is 0 Å². The quantitative estimate of drug-likeness (QED) is 0.706. The number of anilines is 2. The van der Waals surface area contributed by atoms with Gasteiger partial charge in [0.2, 0.25) is 5.91 Å². The van der Waals surface area contributed by atoms with E-state index in [1.54, 1.807) is 5.38 Å². The first kappa shape index (κ1) is 19.5. The van der Waals surface area contributed by atoms with Crippen LogP contribution >= 0.6 is 11.3 Å². The average Bonchev–Trinajstić information content (AvgIpc) is 3.19. The van der Waals surface area contributed by atoms with E-state index in [0.717, 1.165) is 11.3 Å². The van der Waals surface area contributed by atoms with Crippen molar-refractivity contribution in [3.05, 3.63) is 40.9 Å². The second-order valence-electron chi connectivity index (χ2n) is 6.52. The number of aryl methyl sites for hydroxylation is 1. The molecule has 7 nitrogen and oxygen atoms in total. The van der Waals surface area contributed by atoms with Gasteiger partial charge >= 0.3 is 5.97 Å². The van der Waals surface area contributed by atoms with E-state index in [1.807, 2.05) is 31.2 Å². The normalized spacial score (nSPS) is 18.2. The molecule has 0 saturated carbocycles. The van der Waals surface area contributed by atoms with Crippen LogP contribution in [0, 0.1) is 12.8 Å². The summed E-state index contributed by atoms with van der Waals surface area (Å²) in [6.07, 6.45) is 0.301. The van der Waals surface area contributed by atoms with Crippen molar-refractivity contribution in [2.24, 2.45) is 5.92 Å². The van der Waals surface area contributed by atoms with Crippen LogP contribution < -0.4 is 4.90 Å². The highest BCUT2D eigenvalue weighted by atomic mass is 32.2. The number of esters is 1. The van der Waals surface area contributed by atoms with E-state index in [2.05, 4.69) is 4.98 Å². The van der Waals surface area contributed by atoms with Crippen LogP contribution in [0.15, 0.2) is 29.6 Å². The van der Waals surface area contributed by atoms with Gasteiger partial charge in [0.15, 0.2) is 15.0 Å². The second-order valence-corrected chi connectivity index (χ2v) is 9.59. The molecule has 1 aliphatic rings. The number of carbonyl (C=O) groups excluding carboxylic acids is 2. The Morgan fingerprint density at radius 3 is 2.78 bits per heavy atom. The van der Waals surface area contributed by atoms with Crippen molar-refractivity contribution in [3.63, 3.8) is 0 Å². The summed E-state index contributed by atoms with van der Waals surface area (Å²) in [5.41, 5.74) is 2.26. The van der Waals surface area contributed by atoms with Crippen LogP contribution in [0.25, 0.3) is 0 Å². The first-order valence-corrected chi connectivity index (χ1v) is 11.1. The molecule has 3 rings (SSSR count). The van der Waals surface area contributed by atoms with Crippen molar-refractivity contribution in [2.75, 3.05) is 16.4 Å². The van der Waals surface area contributed by atoms with E-state index >= 15 is 0 Å². The van der Waals surface area contributed by atoms with Gasteiger partial charge in [-0.25, -0.2) is 13.4 Å². The SMILES string of the molecule is CC(=O)N(c1cccc(C)c1)c1nc(COC(=O)[C@@H]2CCS(=O)(=O)C2)cs1. The molecule has 1 fully saturated rings. The molecule has 1 aromatic heterocycles.